The molecule has 1 heterocycles. The van der Waals surface area contributed by atoms with Gasteiger partial charge in [0.25, 0.3) is 5.91 Å². The summed E-state index contributed by atoms with van der Waals surface area (Å²) in [6.45, 7) is 3.87. The highest BCUT2D eigenvalue weighted by molar-refractivity contribution is 8.05. The van der Waals surface area contributed by atoms with E-state index < -0.39 is 17.1 Å². The van der Waals surface area contributed by atoms with Crippen molar-refractivity contribution in [2.24, 2.45) is 0 Å². The standard InChI is InChI=1S/C29H24ClN3O4S/c1-3-37-29(36)20-12-10-19(11-13-20)15-25-27(35)33(22-7-5-4-6-8-22)28(38-25)23(17-31)26(34)32-21-14-9-18(2)24(30)16-21/h4-14,16,25H,3,15H2,1-2H3,(H,32,34). The normalized spacial score (nSPS) is 16.1. The zero-order valence-corrected chi connectivity index (χ0v) is 22.3. The highest BCUT2D eigenvalue weighted by Gasteiger charge is 2.40. The van der Waals surface area contributed by atoms with Crippen LogP contribution < -0.4 is 10.2 Å². The third-order valence-corrected chi connectivity index (χ3v) is 7.51. The lowest BCUT2D eigenvalue weighted by atomic mass is 10.1. The number of carbonyl (C=O) groups excluding carboxylic acids is 3. The van der Waals surface area contributed by atoms with Crippen molar-refractivity contribution < 1.29 is 19.1 Å². The molecule has 0 radical (unpaired) electrons. The maximum absolute atomic E-state index is 13.6. The Kier molecular flexibility index (Phi) is 8.52. The molecule has 0 saturated carbocycles. The first kappa shape index (κ1) is 27.0. The molecule has 3 aromatic rings. The van der Waals surface area contributed by atoms with E-state index in [-0.39, 0.29) is 23.1 Å². The van der Waals surface area contributed by atoms with E-state index in [2.05, 4.69) is 5.32 Å². The van der Waals surface area contributed by atoms with Crippen molar-refractivity contribution in [1.82, 2.24) is 0 Å². The molecule has 1 atom stereocenters. The van der Waals surface area contributed by atoms with Gasteiger partial charge in [-0.25, -0.2) is 4.79 Å². The van der Waals surface area contributed by atoms with E-state index in [4.69, 9.17) is 16.3 Å². The Labute approximate surface area is 230 Å². The van der Waals surface area contributed by atoms with E-state index in [1.165, 1.54) is 16.7 Å². The number of thioether (sulfide) groups is 1. The molecular formula is C29H24ClN3O4S. The van der Waals surface area contributed by atoms with E-state index >= 15 is 0 Å². The Balaban J connectivity index is 1.65. The molecule has 9 heteroatoms. The summed E-state index contributed by atoms with van der Waals surface area (Å²) in [4.78, 5) is 40.2. The maximum atomic E-state index is 13.6. The van der Waals surface area contributed by atoms with Crippen molar-refractivity contribution >= 4 is 52.5 Å². The van der Waals surface area contributed by atoms with Crippen molar-refractivity contribution in [3.63, 3.8) is 0 Å². The molecule has 192 valence electrons. The van der Waals surface area contributed by atoms with Gasteiger partial charge in [0, 0.05) is 16.4 Å². The van der Waals surface area contributed by atoms with Gasteiger partial charge in [-0.1, -0.05) is 59.8 Å². The molecule has 4 rings (SSSR count). The molecular weight excluding hydrogens is 522 g/mol. The van der Waals surface area contributed by atoms with E-state index in [9.17, 15) is 19.6 Å². The van der Waals surface area contributed by atoms with E-state index in [0.717, 1.165) is 11.1 Å². The van der Waals surface area contributed by atoms with Gasteiger partial charge in [0.15, 0.2) is 0 Å². The third kappa shape index (κ3) is 5.91. The first-order chi connectivity index (χ1) is 18.3. The molecule has 38 heavy (non-hydrogen) atoms. The Morgan fingerprint density at radius 2 is 1.82 bits per heavy atom. The average Bonchev–Trinajstić information content (AvgIpc) is 3.22. The monoisotopic (exact) mass is 545 g/mol. The van der Waals surface area contributed by atoms with Crippen LogP contribution >= 0.6 is 23.4 Å². The number of halogens is 1. The number of amides is 2. The van der Waals surface area contributed by atoms with Gasteiger partial charge in [0.05, 0.1) is 17.4 Å². The second-order valence-electron chi connectivity index (χ2n) is 8.45. The summed E-state index contributed by atoms with van der Waals surface area (Å²) in [6, 6.07) is 22.8. The highest BCUT2D eigenvalue weighted by atomic mass is 35.5. The van der Waals surface area contributed by atoms with Crippen LogP contribution in [-0.2, 0) is 20.7 Å². The zero-order chi connectivity index (χ0) is 27.2. The third-order valence-electron chi connectivity index (χ3n) is 5.84. The molecule has 0 aliphatic carbocycles. The number of ether oxygens (including phenoxy) is 1. The van der Waals surface area contributed by atoms with Gasteiger partial charge in [-0.3, -0.25) is 14.5 Å². The number of nitrogens with one attached hydrogen (secondary N) is 1. The number of rotatable bonds is 7. The number of aryl methyl sites for hydroxylation is 1. The number of benzene rings is 3. The van der Waals surface area contributed by atoms with Crippen LogP contribution in [0.5, 0.6) is 0 Å². The quantitative estimate of drug-likeness (QED) is 0.226. The second kappa shape index (κ2) is 12.0. The summed E-state index contributed by atoms with van der Waals surface area (Å²) in [6.07, 6.45) is 0.341. The lowest BCUT2D eigenvalue weighted by Crippen LogP contribution is -2.30. The summed E-state index contributed by atoms with van der Waals surface area (Å²) in [7, 11) is 0. The van der Waals surface area contributed by atoms with Gasteiger partial charge in [-0.15, -0.1) is 0 Å². The molecule has 1 aliphatic heterocycles. The summed E-state index contributed by atoms with van der Waals surface area (Å²) < 4.78 is 5.03. The number of anilines is 2. The number of nitrogens with zero attached hydrogens (tertiary/aromatic N) is 2. The minimum Gasteiger partial charge on any atom is -0.462 e. The molecule has 0 spiro atoms. The lowest BCUT2D eigenvalue weighted by Gasteiger charge is -2.18. The molecule has 1 unspecified atom stereocenters. The van der Waals surface area contributed by atoms with E-state index in [0.29, 0.717) is 28.4 Å². The van der Waals surface area contributed by atoms with Crippen molar-refractivity contribution in [3.05, 3.63) is 105 Å². The molecule has 1 fully saturated rings. The highest BCUT2D eigenvalue weighted by Crippen LogP contribution is 2.42. The van der Waals surface area contributed by atoms with Crippen molar-refractivity contribution in [2.45, 2.75) is 25.5 Å². The molecule has 0 bridgehead atoms. The molecule has 1 saturated heterocycles. The van der Waals surface area contributed by atoms with Crippen molar-refractivity contribution in [3.8, 4) is 6.07 Å². The van der Waals surface area contributed by atoms with Crippen LogP contribution in [0.2, 0.25) is 5.02 Å². The Morgan fingerprint density at radius 1 is 1.11 bits per heavy atom. The maximum Gasteiger partial charge on any atom is 0.338 e. The molecule has 1 aliphatic rings. The number of para-hydroxylation sites is 1. The lowest BCUT2D eigenvalue weighted by molar-refractivity contribution is -0.117. The topological polar surface area (TPSA) is 99.5 Å². The van der Waals surface area contributed by atoms with Gasteiger partial charge >= 0.3 is 5.97 Å². The van der Waals surface area contributed by atoms with Crippen LogP contribution in [0, 0.1) is 18.3 Å². The van der Waals surface area contributed by atoms with Gasteiger partial charge in [0.1, 0.15) is 16.7 Å². The molecule has 7 nitrogen and oxygen atoms in total. The Bertz CT molecular complexity index is 1450. The van der Waals surface area contributed by atoms with Crippen molar-refractivity contribution in [2.75, 3.05) is 16.8 Å². The molecule has 0 aromatic heterocycles. The van der Waals surface area contributed by atoms with Gasteiger partial charge in [-0.05, 0) is 67.8 Å². The first-order valence-electron chi connectivity index (χ1n) is 11.9. The van der Waals surface area contributed by atoms with Crippen molar-refractivity contribution in [1.29, 1.82) is 5.26 Å². The molecule has 2 amide bonds. The second-order valence-corrected chi connectivity index (χ2v) is 10.0. The minimum absolute atomic E-state index is 0.177. The van der Waals surface area contributed by atoms with Crippen LogP contribution in [0.1, 0.15) is 28.4 Å². The summed E-state index contributed by atoms with van der Waals surface area (Å²) in [5.41, 5.74) is 2.93. The zero-order valence-electron chi connectivity index (χ0n) is 20.7. The van der Waals surface area contributed by atoms with E-state index in [1.54, 1.807) is 73.7 Å². The van der Waals surface area contributed by atoms with Crippen LogP contribution in [-0.4, -0.2) is 29.6 Å². The van der Waals surface area contributed by atoms with Crippen LogP contribution in [0.25, 0.3) is 0 Å². The fourth-order valence-electron chi connectivity index (χ4n) is 3.87. The average molecular weight is 546 g/mol. The van der Waals surface area contributed by atoms with E-state index in [1.807, 2.05) is 19.1 Å². The fourth-order valence-corrected chi connectivity index (χ4v) is 5.36. The smallest absolute Gasteiger partial charge is 0.338 e. The summed E-state index contributed by atoms with van der Waals surface area (Å²) in [5.74, 6) is -1.29. The van der Waals surface area contributed by atoms with Crippen LogP contribution in [0.4, 0.5) is 11.4 Å². The SMILES string of the molecule is CCOC(=O)c1ccc(CC2SC(=C(C#N)C(=O)Nc3ccc(C)c(Cl)c3)N(c3ccccc3)C2=O)cc1. The fraction of sp³-hybridized carbons (Fsp3) is 0.172. The summed E-state index contributed by atoms with van der Waals surface area (Å²) in [5, 5.41) is 12.9. The molecule has 3 aromatic carbocycles. The molecule has 1 N–H and O–H groups in total. The number of esters is 1. The van der Waals surface area contributed by atoms with Crippen LogP contribution in [0.15, 0.2) is 83.4 Å². The van der Waals surface area contributed by atoms with Gasteiger partial charge in [0.2, 0.25) is 5.91 Å². The van der Waals surface area contributed by atoms with Gasteiger partial charge < -0.3 is 10.1 Å². The Morgan fingerprint density at radius 3 is 2.45 bits per heavy atom. The van der Waals surface area contributed by atoms with Crippen LogP contribution in [0.3, 0.4) is 0 Å². The number of hydrogen-bond acceptors (Lipinski definition) is 6. The van der Waals surface area contributed by atoms with Gasteiger partial charge in [-0.2, -0.15) is 5.26 Å². The number of carbonyl (C=O) groups is 3. The minimum atomic E-state index is -0.636. The summed E-state index contributed by atoms with van der Waals surface area (Å²) >= 11 is 7.36. The first-order valence-corrected chi connectivity index (χ1v) is 13.1. The predicted octanol–water partition coefficient (Wildman–Crippen LogP) is 5.89. The number of hydrogen-bond donors (Lipinski definition) is 1. The largest absolute Gasteiger partial charge is 0.462 e. The Hall–Kier alpha value is -4.06. The predicted molar refractivity (Wildman–Crippen MR) is 149 cm³/mol. The number of nitriles is 1.